The minimum absolute atomic E-state index is 0.402. The lowest BCUT2D eigenvalue weighted by Crippen LogP contribution is -2.28. The fourth-order valence-corrected chi connectivity index (χ4v) is 1.20. The second kappa shape index (κ2) is 5.90. The van der Waals surface area contributed by atoms with E-state index in [1.165, 1.54) is 12.7 Å². The van der Waals surface area contributed by atoms with Gasteiger partial charge in [-0.25, -0.2) is 4.79 Å². The number of hydrogen-bond acceptors (Lipinski definition) is 3. The van der Waals surface area contributed by atoms with Gasteiger partial charge in [0.25, 0.3) is 0 Å². The van der Waals surface area contributed by atoms with Crippen molar-refractivity contribution in [2.75, 3.05) is 25.5 Å². The third-order valence-electron chi connectivity index (χ3n) is 1.93. The highest BCUT2D eigenvalue weighted by Gasteiger charge is 1.96. The van der Waals surface area contributed by atoms with Crippen LogP contribution in [0.2, 0.25) is 0 Å². The maximum atomic E-state index is 10.7. The third kappa shape index (κ3) is 4.35. The molecule has 82 valence electrons. The monoisotopic (exact) mass is 208 g/mol. The number of carbonyl (C=O) groups excluding carboxylic acids is 1. The fraction of sp³-hybridized carbons (Fsp3) is 0.364. The molecule has 1 rings (SSSR count). The minimum atomic E-state index is -0.402. The van der Waals surface area contributed by atoms with Gasteiger partial charge in [-0.3, -0.25) is 0 Å². The molecule has 4 nitrogen and oxygen atoms in total. The van der Waals surface area contributed by atoms with Gasteiger partial charge in [0, 0.05) is 18.8 Å². The van der Waals surface area contributed by atoms with Crippen LogP contribution in [-0.2, 0) is 4.74 Å². The molecule has 15 heavy (non-hydrogen) atoms. The summed E-state index contributed by atoms with van der Waals surface area (Å²) in [6.45, 7) is 3.26. The van der Waals surface area contributed by atoms with Gasteiger partial charge in [0.1, 0.15) is 0 Å². The Bertz CT molecular complexity index is 326. The zero-order valence-corrected chi connectivity index (χ0v) is 9.04. The van der Waals surface area contributed by atoms with Gasteiger partial charge in [-0.2, -0.15) is 0 Å². The van der Waals surface area contributed by atoms with Crippen LogP contribution in [0.1, 0.15) is 5.56 Å². The largest absolute Gasteiger partial charge is 0.453 e. The Balaban J connectivity index is 2.23. The van der Waals surface area contributed by atoms with Crippen molar-refractivity contribution >= 4 is 11.8 Å². The number of hydrogen-bond donors (Lipinski definition) is 2. The number of ether oxygens (including phenoxy) is 1. The normalized spacial score (nSPS) is 9.47. The Morgan fingerprint density at radius 3 is 2.87 bits per heavy atom. The van der Waals surface area contributed by atoms with Crippen LogP contribution in [0, 0.1) is 6.92 Å². The Labute approximate surface area is 89.6 Å². The van der Waals surface area contributed by atoms with Crippen LogP contribution in [0.4, 0.5) is 10.5 Å². The number of aryl methyl sites for hydroxylation is 1. The van der Waals surface area contributed by atoms with Crippen LogP contribution in [0.25, 0.3) is 0 Å². The molecule has 4 heteroatoms. The van der Waals surface area contributed by atoms with Crippen molar-refractivity contribution in [2.24, 2.45) is 0 Å². The Morgan fingerprint density at radius 1 is 1.40 bits per heavy atom. The number of benzene rings is 1. The third-order valence-corrected chi connectivity index (χ3v) is 1.93. The molecule has 1 amide bonds. The Morgan fingerprint density at radius 2 is 2.20 bits per heavy atom. The van der Waals surface area contributed by atoms with E-state index in [0.29, 0.717) is 13.1 Å². The first-order valence-electron chi connectivity index (χ1n) is 4.84. The summed E-state index contributed by atoms with van der Waals surface area (Å²) in [5.74, 6) is 0. The lowest BCUT2D eigenvalue weighted by Gasteiger charge is -2.07. The average molecular weight is 208 g/mol. The molecular formula is C11H16N2O2. The molecule has 1 aromatic rings. The molecule has 0 heterocycles. The van der Waals surface area contributed by atoms with Gasteiger partial charge in [-0.05, 0) is 24.6 Å². The first-order valence-corrected chi connectivity index (χ1v) is 4.84. The van der Waals surface area contributed by atoms with Crippen molar-refractivity contribution in [3.63, 3.8) is 0 Å². The van der Waals surface area contributed by atoms with E-state index >= 15 is 0 Å². The fourth-order valence-electron chi connectivity index (χ4n) is 1.20. The molecule has 2 N–H and O–H groups in total. The molecule has 0 bridgehead atoms. The number of nitrogens with one attached hydrogen (secondary N) is 2. The van der Waals surface area contributed by atoms with E-state index in [2.05, 4.69) is 21.4 Å². The molecular weight excluding hydrogens is 192 g/mol. The molecule has 0 aliphatic heterocycles. The molecule has 0 atom stereocenters. The van der Waals surface area contributed by atoms with Crippen LogP contribution in [0.3, 0.4) is 0 Å². The number of rotatable bonds is 4. The average Bonchev–Trinajstić information content (AvgIpc) is 2.24. The van der Waals surface area contributed by atoms with E-state index in [1.807, 2.05) is 25.1 Å². The SMILES string of the molecule is COC(=O)NCCNc1cccc(C)c1. The van der Waals surface area contributed by atoms with Crippen LogP contribution < -0.4 is 10.6 Å². The summed E-state index contributed by atoms with van der Waals surface area (Å²) in [5, 5.41) is 5.79. The van der Waals surface area contributed by atoms with Crippen LogP contribution in [-0.4, -0.2) is 26.3 Å². The number of amides is 1. The Hall–Kier alpha value is -1.71. The molecule has 0 aromatic heterocycles. The summed E-state index contributed by atoms with van der Waals surface area (Å²) in [6.07, 6.45) is -0.402. The van der Waals surface area contributed by atoms with Gasteiger partial charge in [0.2, 0.25) is 0 Å². The van der Waals surface area contributed by atoms with Crippen molar-refractivity contribution in [1.29, 1.82) is 0 Å². The highest BCUT2D eigenvalue weighted by Crippen LogP contribution is 2.08. The quantitative estimate of drug-likeness (QED) is 0.741. The minimum Gasteiger partial charge on any atom is -0.453 e. The zero-order valence-electron chi connectivity index (χ0n) is 9.04. The molecule has 0 radical (unpaired) electrons. The van der Waals surface area contributed by atoms with E-state index in [4.69, 9.17) is 0 Å². The summed E-state index contributed by atoms with van der Waals surface area (Å²) in [5.41, 5.74) is 2.27. The topological polar surface area (TPSA) is 50.4 Å². The number of carbonyl (C=O) groups is 1. The number of anilines is 1. The van der Waals surface area contributed by atoms with Crippen molar-refractivity contribution < 1.29 is 9.53 Å². The lowest BCUT2D eigenvalue weighted by molar-refractivity contribution is 0.171. The molecule has 0 saturated heterocycles. The highest BCUT2D eigenvalue weighted by molar-refractivity contribution is 5.66. The van der Waals surface area contributed by atoms with Crippen molar-refractivity contribution in [3.05, 3.63) is 29.8 Å². The summed E-state index contributed by atoms with van der Waals surface area (Å²) < 4.78 is 4.44. The van der Waals surface area contributed by atoms with Gasteiger partial charge in [-0.15, -0.1) is 0 Å². The predicted octanol–water partition coefficient (Wildman–Crippen LogP) is 1.76. The molecule has 0 unspecified atom stereocenters. The second-order valence-electron chi connectivity index (χ2n) is 3.21. The van der Waals surface area contributed by atoms with E-state index < -0.39 is 6.09 Å². The van der Waals surface area contributed by atoms with Crippen LogP contribution in [0.15, 0.2) is 24.3 Å². The van der Waals surface area contributed by atoms with Gasteiger partial charge < -0.3 is 15.4 Å². The molecule has 0 fully saturated rings. The van der Waals surface area contributed by atoms with Gasteiger partial charge in [0.15, 0.2) is 0 Å². The van der Waals surface area contributed by atoms with E-state index in [-0.39, 0.29) is 0 Å². The molecule has 0 aliphatic carbocycles. The smallest absolute Gasteiger partial charge is 0.406 e. The van der Waals surface area contributed by atoms with Crippen molar-refractivity contribution in [1.82, 2.24) is 5.32 Å². The maximum Gasteiger partial charge on any atom is 0.406 e. The molecule has 0 spiro atoms. The van der Waals surface area contributed by atoms with Crippen molar-refractivity contribution in [3.8, 4) is 0 Å². The number of alkyl carbamates (subject to hydrolysis) is 1. The first-order chi connectivity index (χ1) is 7.22. The summed E-state index contributed by atoms with van der Waals surface area (Å²) in [4.78, 5) is 10.7. The van der Waals surface area contributed by atoms with Crippen molar-refractivity contribution in [2.45, 2.75) is 6.92 Å². The van der Waals surface area contributed by atoms with Crippen LogP contribution in [0.5, 0.6) is 0 Å². The summed E-state index contributed by atoms with van der Waals surface area (Å²) in [7, 11) is 1.35. The van der Waals surface area contributed by atoms with Gasteiger partial charge in [0.05, 0.1) is 7.11 Å². The van der Waals surface area contributed by atoms with E-state index in [9.17, 15) is 4.79 Å². The summed E-state index contributed by atoms with van der Waals surface area (Å²) in [6, 6.07) is 8.08. The first kappa shape index (κ1) is 11.4. The van der Waals surface area contributed by atoms with E-state index in [1.54, 1.807) is 0 Å². The predicted molar refractivity (Wildman–Crippen MR) is 60.1 cm³/mol. The van der Waals surface area contributed by atoms with E-state index in [0.717, 1.165) is 5.69 Å². The zero-order chi connectivity index (χ0) is 11.1. The Kier molecular flexibility index (Phi) is 4.47. The van der Waals surface area contributed by atoms with Crippen LogP contribution >= 0.6 is 0 Å². The lowest BCUT2D eigenvalue weighted by atomic mass is 10.2. The molecule has 1 aromatic carbocycles. The highest BCUT2D eigenvalue weighted by atomic mass is 16.5. The maximum absolute atomic E-state index is 10.7. The summed E-state index contributed by atoms with van der Waals surface area (Å²) >= 11 is 0. The van der Waals surface area contributed by atoms with Gasteiger partial charge >= 0.3 is 6.09 Å². The van der Waals surface area contributed by atoms with Gasteiger partial charge in [-0.1, -0.05) is 12.1 Å². The molecule has 0 saturated carbocycles. The molecule has 0 aliphatic rings. The standard InChI is InChI=1S/C11H16N2O2/c1-9-4-3-5-10(8-9)12-6-7-13-11(14)15-2/h3-5,8,12H,6-7H2,1-2H3,(H,13,14). The second-order valence-corrected chi connectivity index (χ2v) is 3.21. The number of methoxy groups -OCH3 is 1.